The lowest BCUT2D eigenvalue weighted by Gasteiger charge is -2.15. The maximum Gasteiger partial charge on any atom is 0.222 e. The Morgan fingerprint density at radius 1 is 1.19 bits per heavy atom. The Balaban J connectivity index is 2.10. The molecule has 0 fully saturated rings. The molecule has 3 aromatic heterocycles. The number of carbonyl (C=O) groups is 1. The summed E-state index contributed by atoms with van der Waals surface area (Å²) >= 11 is 0. The molecule has 0 aliphatic rings. The van der Waals surface area contributed by atoms with E-state index in [1.54, 1.807) is 36.3 Å². The Morgan fingerprint density at radius 3 is 2.52 bits per heavy atom. The van der Waals surface area contributed by atoms with Crippen molar-refractivity contribution in [2.24, 2.45) is 7.05 Å². The van der Waals surface area contributed by atoms with Gasteiger partial charge in [0.05, 0.1) is 17.5 Å². The summed E-state index contributed by atoms with van der Waals surface area (Å²) < 4.78 is 31.6. The molecule has 164 valence electrons. The third-order valence-electron chi connectivity index (χ3n) is 3.99. The first-order valence-corrected chi connectivity index (χ1v) is 11.3. The van der Waals surface area contributed by atoms with Crippen LogP contribution in [0, 0.1) is 0 Å². The van der Waals surface area contributed by atoms with E-state index in [1.807, 2.05) is 19.9 Å². The lowest BCUT2D eigenvalue weighted by atomic mass is 10.1. The number of pyridine rings is 2. The molecule has 1 amide bonds. The van der Waals surface area contributed by atoms with Crippen LogP contribution in [0.4, 0.5) is 17.3 Å². The fourth-order valence-corrected chi connectivity index (χ4v) is 3.38. The minimum absolute atomic E-state index is 0.122. The number of anilines is 3. The molecule has 0 spiro atoms. The van der Waals surface area contributed by atoms with E-state index in [4.69, 9.17) is 4.74 Å². The summed E-state index contributed by atoms with van der Waals surface area (Å²) in [5, 5.41) is 10.0. The number of hydrogen-bond acceptors (Lipinski definition) is 8. The van der Waals surface area contributed by atoms with Crippen molar-refractivity contribution >= 4 is 33.1 Å². The first-order chi connectivity index (χ1) is 14.5. The summed E-state index contributed by atoms with van der Waals surface area (Å²) in [6.45, 7) is 5.07. The van der Waals surface area contributed by atoms with Crippen LogP contribution in [-0.4, -0.2) is 46.4 Å². The van der Waals surface area contributed by atoms with Crippen LogP contribution >= 0.6 is 0 Å². The Bertz CT molecular complexity index is 1220. The van der Waals surface area contributed by atoms with E-state index in [2.05, 4.69) is 25.7 Å². The van der Waals surface area contributed by atoms with Crippen LogP contribution in [0.1, 0.15) is 20.8 Å². The molecular weight excluding hydrogens is 420 g/mol. The van der Waals surface area contributed by atoms with Crippen LogP contribution in [0.2, 0.25) is 0 Å². The first-order valence-electron chi connectivity index (χ1n) is 9.45. The van der Waals surface area contributed by atoms with E-state index in [0.717, 1.165) is 6.26 Å². The summed E-state index contributed by atoms with van der Waals surface area (Å²) in [4.78, 5) is 19.9. The molecular formula is C20H24N6O4S. The predicted molar refractivity (Wildman–Crippen MR) is 117 cm³/mol. The van der Waals surface area contributed by atoms with Crippen molar-refractivity contribution in [3.8, 4) is 17.0 Å². The van der Waals surface area contributed by atoms with Gasteiger partial charge in [-0.25, -0.2) is 18.4 Å². The molecule has 0 radical (unpaired) electrons. The van der Waals surface area contributed by atoms with Crippen LogP contribution in [0.25, 0.3) is 11.3 Å². The molecule has 3 heterocycles. The lowest BCUT2D eigenvalue weighted by Crippen LogP contribution is -2.10. The number of amides is 1. The Labute approximate surface area is 180 Å². The van der Waals surface area contributed by atoms with E-state index < -0.39 is 9.84 Å². The van der Waals surface area contributed by atoms with Crippen LogP contribution in [0.3, 0.4) is 0 Å². The predicted octanol–water partition coefficient (Wildman–Crippen LogP) is 2.77. The molecule has 3 rings (SSSR count). The van der Waals surface area contributed by atoms with Gasteiger partial charge in [-0.15, -0.1) is 0 Å². The maximum atomic E-state index is 12.1. The second kappa shape index (κ2) is 8.72. The molecule has 2 N–H and O–H groups in total. The molecule has 0 aliphatic heterocycles. The van der Waals surface area contributed by atoms with E-state index >= 15 is 0 Å². The average molecular weight is 445 g/mol. The highest BCUT2D eigenvalue weighted by molar-refractivity contribution is 7.90. The molecule has 0 atom stereocenters. The Kier molecular flexibility index (Phi) is 6.25. The van der Waals surface area contributed by atoms with Crippen molar-refractivity contribution in [3.63, 3.8) is 0 Å². The molecule has 0 bridgehead atoms. The third-order valence-corrected chi connectivity index (χ3v) is 4.96. The molecule has 10 nitrogen and oxygen atoms in total. The minimum Gasteiger partial charge on any atom is -0.491 e. The summed E-state index contributed by atoms with van der Waals surface area (Å²) in [5.74, 6) is 0.681. The van der Waals surface area contributed by atoms with Crippen molar-refractivity contribution in [2.45, 2.75) is 31.9 Å². The molecule has 3 aromatic rings. The van der Waals surface area contributed by atoms with E-state index in [-0.39, 0.29) is 22.9 Å². The number of aryl methyl sites for hydroxylation is 1. The zero-order valence-corrected chi connectivity index (χ0v) is 18.7. The van der Waals surface area contributed by atoms with Gasteiger partial charge in [-0.3, -0.25) is 9.48 Å². The fourth-order valence-electron chi connectivity index (χ4n) is 2.78. The quantitative estimate of drug-likeness (QED) is 0.569. The van der Waals surface area contributed by atoms with Gasteiger partial charge in [-0.05, 0) is 19.9 Å². The molecule has 0 aliphatic carbocycles. The van der Waals surface area contributed by atoms with Gasteiger partial charge in [-0.2, -0.15) is 5.10 Å². The van der Waals surface area contributed by atoms with E-state index in [9.17, 15) is 13.2 Å². The van der Waals surface area contributed by atoms with Crippen molar-refractivity contribution in [3.05, 3.63) is 36.7 Å². The van der Waals surface area contributed by atoms with Gasteiger partial charge in [0.25, 0.3) is 0 Å². The average Bonchev–Trinajstić information content (AvgIpc) is 3.06. The highest BCUT2D eigenvalue weighted by Crippen LogP contribution is 2.32. The van der Waals surface area contributed by atoms with Gasteiger partial charge in [-0.1, -0.05) is 0 Å². The van der Waals surface area contributed by atoms with Gasteiger partial charge >= 0.3 is 0 Å². The standard InChI is InChI=1S/C20H24N6O4S/c1-12(2)30-14-8-19(24-20(9-14)31(5,28)29)23-17-10-18(22-13(3)27)21-11-15(17)16-6-7-26(4)25-16/h6-12H,1-5H3,(H2,21,22,23,24,27). The number of nitrogens with zero attached hydrogens (tertiary/aromatic N) is 4. The number of nitrogens with one attached hydrogen (secondary N) is 2. The van der Waals surface area contributed by atoms with Crippen molar-refractivity contribution < 1.29 is 17.9 Å². The number of rotatable bonds is 7. The summed E-state index contributed by atoms with van der Waals surface area (Å²) in [5.41, 5.74) is 1.82. The number of aromatic nitrogens is 4. The first kappa shape index (κ1) is 22.2. The van der Waals surface area contributed by atoms with Crippen LogP contribution in [-0.2, 0) is 21.7 Å². The van der Waals surface area contributed by atoms with Gasteiger partial charge in [0.15, 0.2) is 14.9 Å². The maximum absolute atomic E-state index is 12.1. The van der Waals surface area contributed by atoms with Gasteiger partial charge in [0, 0.05) is 56.4 Å². The molecule has 0 saturated heterocycles. The normalized spacial score (nSPS) is 11.4. The monoisotopic (exact) mass is 444 g/mol. The molecule has 0 saturated carbocycles. The third kappa shape index (κ3) is 5.79. The van der Waals surface area contributed by atoms with Gasteiger partial charge in [0.1, 0.15) is 17.4 Å². The number of ether oxygens (including phenoxy) is 1. The zero-order chi connectivity index (χ0) is 22.8. The second-order valence-electron chi connectivity index (χ2n) is 7.26. The van der Waals surface area contributed by atoms with Crippen LogP contribution < -0.4 is 15.4 Å². The number of hydrogen-bond donors (Lipinski definition) is 2. The topological polar surface area (TPSA) is 128 Å². The summed E-state index contributed by atoms with van der Waals surface area (Å²) in [6, 6.07) is 6.43. The smallest absolute Gasteiger partial charge is 0.222 e. The Morgan fingerprint density at radius 2 is 1.94 bits per heavy atom. The van der Waals surface area contributed by atoms with Gasteiger partial charge < -0.3 is 15.4 Å². The zero-order valence-electron chi connectivity index (χ0n) is 17.9. The molecule has 0 aromatic carbocycles. The Hall–Kier alpha value is -3.47. The van der Waals surface area contributed by atoms with E-state index in [0.29, 0.717) is 28.5 Å². The SMILES string of the molecule is CC(=O)Nc1cc(Nc2cc(OC(C)C)cc(S(C)(=O)=O)n2)c(-c2ccn(C)n2)cn1. The van der Waals surface area contributed by atoms with Crippen molar-refractivity contribution in [1.82, 2.24) is 19.7 Å². The lowest BCUT2D eigenvalue weighted by molar-refractivity contribution is -0.114. The van der Waals surface area contributed by atoms with E-state index in [1.165, 1.54) is 13.0 Å². The second-order valence-corrected chi connectivity index (χ2v) is 9.22. The molecule has 11 heteroatoms. The number of sulfone groups is 1. The van der Waals surface area contributed by atoms with Crippen LogP contribution in [0.15, 0.2) is 41.7 Å². The number of carbonyl (C=O) groups excluding carboxylic acids is 1. The van der Waals surface area contributed by atoms with Crippen molar-refractivity contribution in [1.29, 1.82) is 0 Å². The fraction of sp³-hybridized carbons (Fsp3) is 0.300. The summed E-state index contributed by atoms with van der Waals surface area (Å²) in [7, 11) is -1.78. The highest BCUT2D eigenvalue weighted by atomic mass is 32.2. The molecule has 0 unspecified atom stereocenters. The van der Waals surface area contributed by atoms with Gasteiger partial charge in [0.2, 0.25) is 5.91 Å². The van der Waals surface area contributed by atoms with Crippen molar-refractivity contribution in [2.75, 3.05) is 16.9 Å². The highest BCUT2D eigenvalue weighted by Gasteiger charge is 2.16. The van der Waals surface area contributed by atoms with Crippen LogP contribution in [0.5, 0.6) is 5.75 Å². The summed E-state index contributed by atoms with van der Waals surface area (Å²) in [6.07, 6.45) is 4.29. The minimum atomic E-state index is -3.58. The molecule has 31 heavy (non-hydrogen) atoms. The largest absolute Gasteiger partial charge is 0.491 e.